The van der Waals surface area contributed by atoms with E-state index < -0.39 is 0 Å². The van der Waals surface area contributed by atoms with Crippen LogP contribution in [-0.2, 0) is 13.0 Å². The maximum atomic E-state index is 13.0. The van der Waals surface area contributed by atoms with Gasteiger partial charge in [0.1, 0.15) is 11.3 Å². The molecule has 0 aliphatic carbocycles. The molecule has 2 N–H and O–H groups in total. The van der Waals surface area contributed by atoms with Crippen molar-refractivity contribution in [2.75, 3.05) is 11.9 Å². The van der Waals surface area contributed by atoms with E-state index in [0.717, 1.165) is 16.8 Å². The lowest BCUT2D eigenvalue weighted by atomic mass is 10.0. The Bertz CT molecular complexity index is 1260. The van der Waals surface area contributed by atoms with Crippen molar-refractivity contribution >= 4 is 17.5 Å². The minimum Gasteiger partial charge on any atom is -0.360 e. The summed E-state index contributed by atoms with van der Waals surface area (Å²) in [5.41, 5.74) is 4.76. The number of nitrogens with zero attached hydrogens (tertiary/aromatic N) is 3. The molecule has 2 amide bonds. The molecule has 0 spiro atoms. The first-order valence-electron chi connectivity index (χ1n) is 10.7. The van der Waals surface area contributed by atoms with Crippen molar-refractivity contribution in [3.63, 3.8) is 0 Å². The summed E-state index contributed by atoms with van der Waals surface area (Å²) in [6.07, 6.45) is 2.14. The van der Waals surface area contributed by atoms with Gasteiger partial charge in [-0.2, -0.15) is 5.10 Å². The lowest BCUT2D eigenvalue weighted by Gasteiger charge is -2.17. The first-order valence-corrected chi connectivity index (χ1v) is 10.7. The zero-order chi connectivity index (χ0) is 23.4. The molecule has 0 bridgehead atoms. The molecule has 8 heteroatoms. The summed E-state index contributed by atoms with van der Waals surface area (Å²) in [6, 6.07) is 17.1. The fraction of sp³-hybridized carbons (Fsp3) is 0.200. The molecule has 2 aromatic heterocycles. The van der Waals surface area contributed by atoms with E-state index in [1.807, 2.05) is 61.5 Å². The first kappa shape index (κ1) is 22.0. The molecule has 0 saturated carbocycles. The molecule has 0 unspecified atom stereocenters. The molecular weight excluding hydrogens is 418 g/mol. The molecule has 4 rings (SSSR count). The van der Waals surface area contributed by atoms with Gasteiger partial charge < -0.3 is 14.7 Å². The molecule has 0 atom stereocenters. The van der Waals surface area contributed by atoms with Crippen molar-refractivity contribution in [3.8, 4) is 11.3 Å². The number of nitrogens with one attached hydrogen (secondary N) is 2. The fourth-order valence-corrected chi connectivity index (χ4v) is 3.63. The number of hydrogen-bond donors (Lipinski definition) is 2. The Labute approximate surface area is 191 Å². The van der Waals surface area contributed by atoms with Crippen LogP contribution in [0.5, 0.6) is 0 Å². The zero-order valence-corrected chi connectivity index (χ0v) is 18.8. The van der Waals surface area contributed by atoms with E-state index in [4.69, 9.17) is 4.52 Å². The molecule has 0 aliphatic heterocycles. The average molecular weight is 444 g/mol. The van der Waals surface area contributed by atoms with E-state index in [1.54, 1.807) is 18.9 Å². The van der Waals surface area contributed by atoms with Gasteiger partial charge in [0.05, 0.1) is 23.1 Å². The second-order valence-corrected chi connectivity index (χ2v) is 7.66. The number of aromatic amines is 1. The SMILES string of the molecule is CCc1onc(C)c1C(=O)NCc1ccc(-c2[nH]ncc2C(=O)N(C)c2ccccc2)cc1. The number of aromatic nitrogens is 3. The maximum absolute atomic E-state index is 13.0. The van der Waals surface area contributed by atoms with Gasteiger partial charge >= 0.3 is 0 Å². The topological polar surface area (TPSA) is 104 Å². The molecule has 33 heavy (non-hydrogen) atoms. The monoisotopic (exact) mass is 443 g/mol. The van der Waals surface area contributed by atoms with Crippen molar-refractivity contribution in [1.29, 1.82) is 0 Å². The first-order chi connectivity index (χ1) is 16.0. The minimum absolute atomic E-state index is 0.155. The average Bonchev–Trinajstić information content (AvgIpc) is 3.49. The summed E-state index contributed by atoms with van der Waals surface area (Å²) in [4.78, 5) is 27.2. The van der Waals surface area contributed by atoms with E-state index in [9.17, 15) is 9.59 Å². The normalized spacial score (nSPS) is 10.8. The molecule has 0 fully saturated rings. The highest BCUT2D eigenvalue weighted by Gasteiger charge is 2.21. The molecular formula is C25H25N5O3. The number of hydrogen-bond acceptors (Lipinski definition) is 5. The van der Waals surface area contributed by atoms with E-state index in [1.165, 1.54) is 6.20 Å². The van der Waals surface area contributed by atoms with Crippen molar-refractivity contribution in [2.45, 2.75) is 26.8 Å². The maximum Gasteiger partial charge on any atom is 0.261 e. The summed E-state index contributed by atoms with van der Waals surface area (Å²) in [5.74, 6) is 0.217. The Balaban J connectivity index is 1.46. The van der Waals surface area contributed by atoms with Gasteiger partial charge in [0, 0.05) is 31.3 Å². The predicted molar refractivity (Wildman–Crippen MR) is 125 cm³/mol. The number of amides is 2. The van der Waals surface area contributed by atoms with Gasteiger partial charge in [0.15, 0.2) is 0 Å². The molecule has 2 aromatic carbocycles. The van der Waals surface area contributed by atoms with Gasteiger partial charge in [-0.1, -0.05) is 54.5 Å². The Hall–Kier alpha value is -4.20. The third-order valence-electron chi connectivity index (χ3n) is 5.50. The second kappa shape index (κ2) is 9.52. The third kappa shape index (κ3) is 4.55. The van der Waals surface area contributed by atoms with Crippen LogP contribution in [0.2, 0.25) is 0 Å². The molecule has 0 aliphatic rings. The van der Waals surface area contributed by atoms with E-state index >= 15 is 0 Å². The van der Waals surface area contributed by atoms with Gasteiger partial charge in [0.25, 0.3) is 11.8 Å². The van der Waals surface area contributed by atoms with Crippen LogP contribution in [0.1, 0.15) is 44.7 Å². The van der Waals surface area contributed by atoms with Crippen molar-refractivity contribution in [3.05, 3.63) is 88.9 Å². The third-order valence-corrected chi connectivity index (χ3v) is 5.50. The Morgan fingerprint density at radius 1 is 1.09 bits per heavy atom. The van der Waals surface area contributed by atoms with E-state index in [2.05, 4.69) is 20.7 Å². The lowest BCUT2D eigenvalue weighted by molar-refractivity contribution is 0.0947. The van der Waals surface area contributed by atoms with Crippen molar-refractivity contribution in [1.82, 2.24) is 20.7 Å². The van der Waals surface area contributed by atoms with Gasteiger partial charge in [-0.15, -0.1) is 0 Å². The predicted octanol–water partition coefficient (Wildman–Crippen LogP) is 4.14. The highest BCUT2D eigenvalue weighted by molar-refractivity contribution is 6.09. The molecule has 0 radical (unpaired) electrons. The van der Waals surface area contributed by atoms with Crippen LogP contribution >= 0.6 is 0 Å². The van der Waals surface area contributed by atoms with Crippen molar-refractivity contribution in [2.24, 2.45) is 0 Å². The van der Waals surface area contributed by atoms with Crippen LogP contribution in [0.15, 0.2) is 65.3 Å². The summed E-state index contributed by atoms with van der Waals surface area (Å²) in [5, 5.41) is 13.8. The van der Waals surface area contributed by atoms with Crippen LogP contribution in [-0.4, -0.2) is 34.2 Å². The number of para-hydroxylation sites is 1. The van der Waals surface area contributed by atoms with Gasteiger partial charge in [-0.05, 0) is 24.6 Å². The number of benzene rings is 2. The largest absolute Gasteiger partial charge is 0.360 e. The number of aryl methyl sites for hydroxylation is 2. The van der Waals surface area contributed by atoms with Crippen molar-refractivity contribution < 1.29 is 14.1 Å². The van der Waals surface area contributed by atoms with E-state index in [-0.39, 0.29) is 11.8 Å². The van der Waals surface area contributed by atoms with E-state index in [0.29, 0.717) is 41.2 Å². The summed E-state index contributed by atoms with van der Waals surface area (Å²) in [6.45, 7) is 4.03. The van der Waals surface area contributed by atoms with Crippen LogP contribution in [0.25, 0.3) is 11.3 Å². The minimum atomic E-state index is -0.208. The van der Waals surface area contributed by atoms with Crippen LogP contribution in [0, 0.1) is 6.92 Å². The van der Waals surface area contributed by atoms with Gasteiger partial charge in [-0.3, -0.25) is 14.7 Å². The Morgan fingerprint density at radius 3 is 2.52 bits per heavy atom. The number of anilines is 1. The molecule has 0 saturated heterocycles. The van der Waals surface area contributed by atoms with Gasteiger partial charge in [0.2, 0.25) is 0 Å². The molecule has 168 valence electrons. The quantitative estimate of drug-likeness (QED) is 0.447. The van der Waals surface area contributed by atoms with Crippen LogP contribution in [0.3, 0.4) is 0 Å². The molecule has 8 nitrogen and oxygen atoms in total. The zero-order valence-electron chi connectivity index (χ0n) is 18.8. The number of carbonyl (C=O) groups is 2. The smallest absolute Gasteiger partial charge is 0.261 e. The summed E-state index contributed by atoms with van der Waals surface area (Å²) >= 11 is 0. The standard InChI is InChI=1S/C25H25N5O3/c1-4-21-22(16(2)29-33-21)24(31)26-14-17-10-12-18(13-11-17)23-20(15-27-28-23)25(32)30(3)19-8-6-5-7-9-19/h5-13,15H,4,14H2,1-3H3,(H,26,31)(H,27,28). The van der Waals surface area contributed by atoms with Crippen LogP contribution in [0.4, 0.5) is 5.69 Å². The van der Waals surface area contributed by atoms with Crippen LogP contribution < -0.4 is 10.2 Å². The lowest BCUT2D eigenvalue weighted by Crippen LogP contribution is -2.26. The fourth-order valence-electron chi connectivity index (χ4n) is 3.63. The Kier molecular flexibility index (Phi) is 6.35. The number of H-pyrrole nitrogens is 1. The van der Waals surface area contributed by atoms with Gasteiger partial charge in [-0.25, -0.2) is 0 Å². The highest BCUT2D eigenvalue weighted by Crippen LogP contribution is 2.24. The molecule has 4 aromatic rings. The Morgan fingerprint density at radius 2 is 1.82 bits per heavy atom. The molecule has 2 heterocycles. The highest BCUT2D eigenvalue weighted by atomic mass is 16.5. The number of rotatable bonds is 7. The summed E-state index contributed by atoms with van der Waals surface area (Å²) in [7, 11) is 1.74. The second-order valence-electron chi connectivity index (χ2n) is 7.66. The summed E-state index contributed by atoms with van der Waals surface area (Å²) < 4.78 is 5.20. The number of carbonyl (C=O) groups excluding carboxylic acids is 2.